The molecule has 1 aromatic carbocycles. The van der Waals surface area contributed by atoms with Crippen molar-refractivity contribution >= 4 is 105 Å². The predicted molar refractivity (Wildman–Crippen MR) is 170 cm³/mol. The number of nitriles is 4. The van der Waals surface area contributed by atoms with Gasteiger partial charge < -0.3 is 0 Å². The van der Waals surface area contributed by atoms with E-state index in [1.54, 1.807) is 16.9 Å². The number of nitrogens with zero attached hydrogens (tertiary/aromatic N) is 4. The molecule has 0 saturated carbocycles. The van der Waals surface area contributed by atoms with Gasteiger partial charge in [-0.15, -0.1) is 47.0 Å². The lowest BCUT2D eigenvalue weighted by atomic mass is 10.1. The maximum atomic E-state index is 13.6. The van der Waals surface area contributed by atoms with Crippen molar-refractivity contribution in [3.8, 4) is 24.3 Å². The molecule has 4 heterocycles. The number of halogens is 4. The van der Waals surface area contributed by atoms with Crippen LogP contribution >= 0.6 is 94.1 Å². The molecule has 0 fully saturated rings. The maximum absolute atomic E-state index is 13.6. The van der Waals surface area contributed by atoms with E-state index in [0.29, 0.717) is 0 Å². The molecule has 0 amide bonds. The van der Waals surface area contributed by atoms with Crippen molar-refractivity contribution in [1.82, 2.24) is 0 Å². The fourth-order valence-electron chi connectivity index (χ4n) is 3.58. The largest absolute Gasteiger partial charge is 0.203 e. The van der Waals surface area contributed by atoms with E-state index < -0.39 is 44.9 Å². The lowest BCUT2D eigenvalue weighted by Gasteiger charge is -2.12. The van der Waals surface area contributed by atoms with E-state index >= 15 is 0 Å². The second kappa shape index (κ2) is 14.4. The summed E-state index contributed by atoms with van der Waals surface area (Å²) >= 11 is 16.4. The van der Waals surface area contributed by atoms with Gasteiger partial charge in [-0.2, -0.15) is 21.0 Å². The zero-order valence-electron chi connectivity index (χ0n) is 20.8. The molecule has 210 valence electrons. The molecule has 0 unspecified atom stereocenters. The minimum atomic E-state index is -2.03. The average molecular weight is 703 g/mol. The molecule has 0 radical (unpaired) electrons. The lowest BCUT2D eigenvalue weighted by Crippen LogP contribution is -2.31. The maximum Gasteiger partial charge on any atom is 0.171 e. The van der Waals surface area contributed by atoms with E-state index in [1.807, 2.05) is 47.0 Å². The standard InChI is InChI=1S/C13H14S8.C12F4N4/c1-6-5-7(2)17-11-10(16-6)20-13(21-11)12-18-8-9(19-12)15-4-3-14-8;13-9-7(5(1-17)2-18)10(14)12(16)8(11(9)15)6(3-19)4-20/h6-7H,3-5H2,1-2H3;/t6-,7-;/m0./s1. The van der Waals surface area contributed by atoms with Crippen molar-refractivity contribution in [2.75, 3.05) is 11.5 Å². The first kappa shape index (κ1) is 32.6. The SMILES string of the molecule is C[C@H]1C[C@H](C)SC2=C(SC(=C3SC4=C(SCCS4)S3)S2)S1.N#CC(C#N)=c1c(F)c(F)c(=C(C#N)C#N)c(F)c1F. The van der Waals surface area contributed by atoms with E-state index in [9.17, 15) is 17.6 Å². The van der Waals surface area contributed by atoms with Crippen molar-refractivity contribution in [3.05, 3.63) is 59.1 Å². The third-order valence-corrected chi connectivity index (χ3v) is 17.3. The van der Waals surface area contributed by atoms with Gasteiger partial charge in [0.1, 0.15) is 35.4 Å². The fraction of sp³-hybridized carbons (Fsp3) is 0.280. The van der Waals surface area contributed by atoms with Crippen LogP contribution in [-0.2, 0) is 0 Å². The van der Waals surface area contributed by atoms with Gasteiger partial charge >= 0.3 is 0 Å². The number of benzene rings is 1. The van der Waals surface area contributed by atoms with Crippen LogP contribution in [0.1, 0.15) is 20.3 Å². The van der Waals surface area contributed by atoms with Gasteiger partial charge in [0, 0.05) is 22.0 Å². The highest BCUT2D eigenvalue weighted by Crippen LogP contribution is 2.68. The van der Waals surface area contributed by atoms with Gasteiger partial charge in [-0.25, -0.2) is 17.6 Å². The molecule has 2 atom stereocenters. The molecule has 0 aliphatic carbocycles. The monoisotopic (exact) mass is 702 g/mol. The first-order valence-corrected chi connectivity index (χ1v) is 18.4. The first-order chi connectivity index (χ1) is 19.6. The average Bonchev–Trinajstić information content (AvgIpc) is 3.53. The third-order valence-electron chi connectivity index (χ3n) is 5.28. The van der Waals surface area contributed by atoms with Crippen molar-refractivity contribution in [3.63, 3.8) is 0 Å². The Morgan fingerprint density at radius 1 is 0.561 bits per heavy atom. The summed E-state index contributed by atoms with van der Waals surface area (Å²) in [4.78, 5) is 0. The summed E-state index contributed by atoms with van der Waals surface area (Å²) < 4.78 is 63.8. The summed E-state index contributed by atoms with van der Waals surface area (Å²) in [5, 5.41) is 32.5. The molecular weight excluding hydrogens is 689 g/mol. The molecule has 5 rings (SSSR count). The zero-order valence-corrected chi connectivity index (χ0v) is 27.4. The minimum absolute atomic E-state index is 0.749. The van der Waals surface area contributed by atoms with E-state index in [4.69, 9.17) is 21.0 Å². The molecule has 41 heavy (non-hydrogen) atoms. The summed E-state index contributed by atoms with van der Waals surface area (Å²) in [5.41, 5.74) is -2.36. The second-order valence-corrected chi connectivity index (χ2v) is 18.9. The normalized spacial score (nSPS) is 21.4. The Morgan fingerprint density at radius 2 is 0.878 bits per heavy atom. The van der Waals surface area contributed by atoms with Crippen LogP contribution in [0.15, 0.2) is 25.4 Å². The zero-order chi connectivity index (χ0) is 29.8. The van der Waals surface area contributed by atoms with Crippen LogP contribution in [-0.4, -0.2) is 22.0 Å². The molecule has 0 bridgehead atoms. The molecule has 0 N–H and O–H groups in total. The summed E-state index contributed by atoms with van der Waals surface area (Å²) in [7, 11) is 0. The highest BCUT2D eigenvalue weighted by atomic mass is 32.3. The van der Waals surface area contributed by atoms with Gasteiger partial charge in [0.2, 0.25) is 0 Å². The van der Waals surface area contributed by atoms with Gasteiger partial charge in [-0.3, -0.25) is 0 Å². The van der Waals surface area contributed by atoms with Crippen LogP contribution in [0.25, 0.3) is 11.1 Å². The van der Waals surface area contributed by atoms with Crippen molar-refractivity contribution in [1.29, 1.82) is 21.0 Å². The van der Waals surface area contributed by atoms with Crippen molar-refractivity contribution in [2.45, 2.75) is 30.8 Å². The topological polar surface area (TPSA) is 95.2 Å². The van der Waals surface area contributed by atoms with E-state index in [2.05, 4.69) is 60.9 Å². The molecule has 1 aromatic rings. The summed E-state index contributed by atoms with van der Waals surface area (Å²) in [6, 6.07) is 4.34. The molecular formula is C25H14F4N4S8. The Labute approximate surface area is 267 Å². The van der Waals surface area contributed by atoms with E-state index in [1.165, 1.54) is 26.4 Å². The van der Waals surface area contributed by atoms with Crippen LogP contribution in [0.3, 0.4) is 0 Å². The van der Waals surface area contributed by atoms with Gasteiger partial charge in [0.25, 0.3) is 0 Å². The smallest absolute Gasteiger partial charge is 0.171 e. The van der Waals surface area contributed by atoms with E-state index in [-0.39, 0.29) is 0 Å². The Bertz CT molecular complexity index is 1520. The molecule has 4 aliphatic rings. The molecule has 0 spiro atoms. The van der Waals surface area contributed by atoms with Crippen LogP contribution in [0.2, 0.25) is 0 Å². The Morgan fingerprint density at radius 3 is 1.20 bits per heavy atom. The highest BCUT2D eigenvalue weighted by molar-refractivity contribution is 8.45. The summed E-state index contributed by atoms with van der Waals surface area (Å²) in [6.45, 7) is 4.75. The first-order valence-electron chi connectivity index (χ1n) is 11.4. The van der Waals surface area contributed by atoms with Crippen LogP contribution in [0.4, 0.5) is 17.6 Å². The van der Waals surface area contributed by atoms with Gasteiger partial charge in [0.15, 0.2) is 23.3 Å². The Hall–Kier alpha value is -1.34. The van der Waals surface area contributed by atoms with Gasteiger partial charge in [0.05, 0.1) is 35.9 Å². The number of thioether (sulfide) groups is 8. The Balaban J connectivity index is 0.000000189. The fourth-order valence-corrected chi connectivity index (χ4v) is 16.6. The quantitative estimate of drug-likeness (QED) is 0.193. The summed E-state index contributed by atoms with van der Waals surface area (Å²) in [5.74, 6) is -5.56. The van der Waals surface area contributed by atoms with Gasteiger partial charge in [-0.1, -0.05) is 60.9 Å². The molecule has 4 aliphatic heterocycles. The molecule has 4 nitrogen and oxygen atoms in total. The lowest BCUT2D eigenvalue weighted by molar-refractivity contribution is 0.434. The van der Waals surface area contributed by atoms with Crippen LogP contribution in [0, 0.1) is 68.6 Å². The van der Waals surface area contributed by atoms with Crippen molar-refractivity contribution < 1.29 is 17.6 Å². The number of rotatable bonds is 0. The van der Waals surface area contributed by atoms with E-state index in [0.717, 1.165) is 34.8 Å². The molecule has 0 aromatic heterocycles. The van der Waals surface area contributed by atoms with Crippen molar-refractivity contribution in [2.24, 2.45) is 0 Å². The predicted octanol–water partition coefficient (Wildman–Crippen LogP) is 8.09. The highest BCUT2D eigenvalue weighted by Gasteiger charge is 2.34. The third kappa shape index (κ3) is 7.08. The summed E-state index contributed by atoms with van der Waals surface area (Å²) in [6.07, 6.45) is 1.32. The van der Waals surface area contributed by atoms with Crippen LogP contribution in [0.5, 0.6) is 0 Å². The minimum Gasteiger partial charge on any atom is -0.203 e. The molecule has 16 heteroatoms. The van der Waals surface area contributed by atoms with Gasteiger partial charge in [-0.05, 0) is 6.42 Å². The molecule has 0 saturated heterocycles. The van der Waals surface area contributed by atoms with Crippen LogP contribution < -0.4 is 10.4 Å². The number of hydrogen-bond donors (Lipinski definition) is 0. The number of hydrogen-bond acceptors (Lipinski definition) is 12. The second-order valence-electron chi connectivity index (χ2n) is 8.13. The Kier molecular flexibility index (Phi) is 11.5.